The third kappa shape index (κ3) is 4.44. The van der Waals surface area contributed by atoms with Crippen molar-refractivity contribution in [2.45, 2.75) is 76.4 Å². The van der Waals surface area contributed by atoms with Crippen LogP contribution in [-0.2, 0) is 4.74 Å². The molecule has 0 heterocycles. The minimum absolute atomic E-state index is 0.215. The zero-order valence-corrected chi connectivity index (χ0v) is 11.3. The van der Waals surface area contributed by atoms with Crippen molar-refractivity contribution in [2.24, 2.45) is 0 Å². The Balaban J connectivity index is 2.28. The normalized spacial score (nSPS) is 20.4. The van der Waals surface area contributed by atoms with Gasteiger partial charge in [0, 0.05) is 6.61 Å². The van der Waals surface area contributed by atoms with E-state index < -0.39 is 0 Å². The minimum Gasteiger partial charge on any atom is -0.390 e. The van der Waals surface area contributed by atoms with Gasteiger partial charge in [-0.15, -0.1) is 6.58 Å². The number of unbranched alkanes of at least 4 members (excludes halogenated alkanes) is 3. The molecule has 0 spiro atoms. The van der Waals surface area contributed by atoms with Crippen LogP contribution in [0.1, 0.15) is 64.7 Å². The topological polar surface area (TPSA) is 29.5 Å². The summed E-state index contributed by atoms with van der Waals surface area (Å²) in [6, 6.07) is 0. The van der Waals surface area contributed by atoms with Gasteiger partial charge in [0.1, 0.15) is 0 Å². The molecule has 1 atom stereocenters. The molecule has 17 heavy (non-hydrogen) atoms. The quantitative estimate of drug-likeness (QED) is 0.490. The molecule has 0 aromatic rings. The maximum absolute atomic E-state index is 10.3. The van der Waals surface area contributed by atoms with Crippen molar-refractivity contribution in [3.8, 4) is 0 Å². The third-order valence-corrected chi connectivity index (χ3v) is 3.87. The molecular weight excluding hydrogens is 212 g/mol. The van der Waals surface area contributed by atoms with Crippen molar-refractivity contribution in [3.63, 3.8) is 0 Å². The Kier molecular flexibility index (Phi) is 6.83. The van der Waals surface area contributed by atoms with Crippen LogP contribution in [-0.4, -0.2) is 23.4 Å². The van der Waals surface area contributed by atoms with Gasteiger partial charge < -0.3 is 9.84 Å². The molecule has 1 aliphatic carbocycles. The minimum atomic E-state index is -0.270. The lowest BCUT2D eigenvalue weighted by Crippen LogP contribution is -2.42. The number of hydrogen-bond acceptors (Lipinski definition) is 2. The highest BCUT2D eigenvalue weighted by molar-refractivity contribution is 4.92. The zero-order valence-electron chi connectivity index (χ0n) is 11.3. The molecule has 0 amide bonds. The van der Waals surface area contributed by atoms with Gasteiger partial charge >= 0.3 is 0 Å². The summed E-state index contributed by atoms with van der Waals surface area (Å²) >= 11 is 0. The summed E-state index contributed by atoms with van der Waals surface area (Å²) in [5, 5.41) is 10.3. The Bertz CT molecular complexity index is 207. The molecule has 2 heteroatoms. The van der Waals surface area contributed by atoms with E-state index in [-0.39, 0.29) is 11.7 Å². The van der Waals surface area contributed by atoms with Gasteiger partial charge in [0.05, 0.1) is 11.7 Å². The molecule has 1 aliphatic rings. The van der Waals surface area contributed by atoms with E-state index in [1.807, 2.05) is 13.0 Å². The maximum Gasteiger partial charge on any atom is 0.0939 e. The Labute approximate surface area is 106 Å². The standard InChI is InChI=1S/C15H28O2/c1-3-5-6-7-8-11-14(16)15(17-4-2)12-9-10-13-15/h3,14,16H,1,4-13H2,2H3. The second-order valence-corrected chi connectivity index (χ2v) is 5.15. The second kappa shape index (κ2) is 7.88. The number of hydrogen-bond donors (Lipinski definition) is 1. The van der Waals surface area contributed by atoms with E-state index in [0.29, 0.717) is 6.61 Å². The SMILES string of the molecule is C=CCCCCCC(O)C1(OCC)CCCC1. The fourth-order valence-electron chi connectivity index (χ4n) is 2.90. The number of aliphatic hydroxyl groups excluding tert-OH is 1. The van der Waals surface area contributed by atoms with E-state index in [9.17, 15) is 5.11 Å². The number of allylic oxidation sites excluding steroid dienone is 1. The van der Waals surface area contributed by atoms with Gasteiger partial charge in [-0.2, -0.15) is 0 Å². The van der Waals surface area contributed by atoms with Crippen LogP contribution in [0.5, 0.6) is 0 Å². The molecule has 0 aromatic carbocycles. The van der Waals surface area contributed by atoms with Gasteiger partial charge in [-0.25, -0.2) is 0 Å². The fraction of sp³-hybridized carbons (Fsp3) is 0.867. The molecule has 1 rings (SSSR count). The molecule has 1 unspecified atom stereocenters. The van der Waals surface area contributed by atoms with E-state index >= 15 is 0 Å². The highest BCUT2D eigenvalue weighted by Gasteiger charge is 2.40. The highest BCUT2D eigenvalue weighted by Crippen LogP contribution is 2.37. The van der Waals surface area contributed by atoms with Crippen LogP contribution < -0.4 is 0 Å². The first kappa shape index (κ1) is 14.7. The summed E-state index contributed by atoms with van der Waals surface area (Å²) in [5.74, 6) is 0. The predicted octanol–water partition coefficient (Wildman–Crippen LogP) is 3.83. The van der Waals surface area contributed by atoms with Gasteiger partial charge in [0.25, 0.3) is 0 Å². The van der Waals surface area contributed by atoms with Crippen molar-refractivity contribution in [2.75, 3.05) is 6.61 Å². The van der Waals surface area contributed by atoms with E-state index in [2.05, 4.69) is 6.58 Å². The summed E-state index contributed by atoms with van der Waals surface area (Å²) in [4.78, 5) is 0. The molecule has 1 N–H and O–H groups in total. The van der Waals surface area contributed by atoms with Crippen LogP contribution >= 0.6 is 0 Å². The molecule has 0 bridgehead atoms. The molecule has 0 aromatic heterocycles. The smallest absolute Gasteiger partial charge is 0.0939 e. The van der Waals surface area contributed by atoms with Crippen LogP contribution in [0.4, 0.5) is 0 Å². The van der Waals surface area contributed by atoms with Crippen LogP contribution in [0.3, 0.4) is 0 Å². The Morgan fingerprint density at radius 1 is 1.29 bits per heavy atom. The summed E-state index contributed by atoms with van der Waals surface area (Å²) in [6.07, 6.45) is 11.6. The summed E-state index contributed by atoms with van der Waals surface area (Å²) < 4.78 is 5.86. The molecule has 2 nitrogen and oxygen atoms in total. The second-order valence-electron chi connectivity index (χ2n) is 5.15. The number of aliphatic hydroxyl groups is 1. The molecule has 1 fully saturated rings. The third-order valence-electron chi connectivity index (χ3n) is 3.87. The monoisotopic (exact) mass is 240 g/mol. The van der Waals surface area contributed by atoms with Crippen LogP contribution in [0, 0.1) is 0 Å². The molecule has 0 aliphatic heterocycles. The van der Waals surface area contributed by atoms with E-state index in [1.165, 1.54) is 25.7 Å². The zero-order chi connectivity index (χ0) is 12.6. The summed E-state index contributed by atoms with van der Waals surface area (Å²) in [5.41, 5.74) is -0.215. The highest BCUT2D eigenvalue weighted by atomic mass is 16.5. The maximum atomic E-state index is 10.3. The summed E-state index contributed by atoms with van der Waals surface area (Å²) in [6.45, 7) is 6.46. The number of rotatable bonds is 9. The van der Waals surface area contributed by atoms with Crippen molar-refractivity contribution >= 4 is 0 Å². The van der Waals surface area contributed by atoms with Crippen molar-refractivity contribution in [1.29, 1.82) is 0 Å². The van der Waals surface area contributed by atoms with Gasteiger partial charge in [0.2, 0.25) is 0 Å². The fourth-order valence-corrected chi connectivity index (χ4v) is 2.90. The summed E-state index contributed by atoms with van der Waals surface area (Å²) in [7, 11) is 0. The molecular formula is C15H28O2. The first-order chi connectivity index (χ1) is 8.25. The van der Waals surface area contributed by atoms with Crippen LogP contribution in [0.15, 0.2) is 12.7 Å². The van der Waals surface area contributed by atoms with E-state index in [1.54, 1.807) is 0 Å². The van der Waals surface area contributed by atoms with Crippen molar-refractivity contribution in [3.05, 3.63) is 12.7 Å². The van der Waals surface area contributed by atoms with Crippen molar-refractivity contribution < 1.29 is 9.84 Å². The van der Waals surface area contributed by atoms with Crippen LogP contribution in [0.2, 0.25) is 0 Å². The number of ether oxygens (including phenoxy) is 1. The lowest BCUT2D eigenvalue weighted by atomic mass is 9.90. The van der Waals surface area contributed by atoms with Crippen LogP contribution in [0.25, 0.3) is 0 Å². The predicted molar refractivity (Wildman–Crippen MR) is 72.1 cm³/mol. The van der Waals surface area contributed by atoms with Gasteiger partial charge in [-0.1, -0.05) is 31.8 Å². The van der Waals surface area contributed by atoms with Crippen molar-refractivity contribution in [1.82, 2.24) is 0 Å². The molecule has 0 saturated heterocycles. The first-order valence-electron chi connectivity index (χ1n) is 7.18. The Morgan fingerprint density at radius 3 is 2.59 bits per heavy atom. The molecule has 100 valence electrons. The molecule has 0 radical (unpaired) electrons. The van der Waals surface area contributed by atoms with Gasteiger partial charge in [-0.05, 0) is 39.0 Å². The van der Waals surface area contributed by atoms with Gasteiger partial charge in [0.15, 0.2) is 0 Å². The Hall–Kier alpha value is -0.340. The van der Waals surface area contributed by atoms with Gasteiger partial charge in [-0.3, -0.25) is 0 Å². The Morgan fingerprint density at radius 2 is 2.00 bits per heavy atom. The average molecular weight is 240 g/mol. The van der Waals surface area contributed by atoms with E-state index in [4.69, 9.17) is 4.74 Å². The first-order valence-corrected chi connectivity index (χ1v) is 7.18. The lowest BCUT2D eigenvalue weighted by Gasteiger charge is -2.34. The lowest BCUT2D eigenvalue weighted by molar-refractivity contribution is -0.119. The average Bonchev–Trinajstić information content (AvgIpc) is 2.79. The molecule has 1 saturated carbocycles. The van der Waals surface area contributed by atoms with E-state index in [0.717, 1.165) is 32.1 Å². The largest absolute Gasteiger partial charge is 0.390 e.